The van der Waals surface area contributed by atoms with Crippen molar-refractivity contribution in [1.82, 2.24) is 5.32 Å². The summed E-state index contributed by atoms with van der Waals surface area (Å²) in [6.45, 7) is 9.61. The first-order valence-electron chi connectivity index (χ1n) is 7.17. The van der Waals surface area contributed by atoms with Crippen LogP contribution in [-0.4, -0.2) is 25.7 Å². The normalized spacial score (nSPS) is 17.6. The van der Waals surface area contributed by atoms with Crippen LogP contribution in [0.1, 0.15) is 41.1 Å². The van der Waals surface area contributed by atoms with Crippen LogP contribution in [0.25, 0.3) is 0 Å². The molecule has 1 atom stereocenters. The van der Waals surface area contributed by atoms with Crippen LogP contribution in [-0.2, 0) is 17.6 Å². The molecule has 1 aliphatic rings. The Morgan fingerprint density at radius 2 is 2.40 bits per heavy atom. The van der Waals surface area contributed by atoms with E-state index in [-0.39, 0.29) is 5.91 Å². The fraction of sp³-hybridized carbons (Fsp3) is 0.562. The number of thiophene rings is 1. The van der Waals surface area contributed by atoms with E-state index in [1.54, 1.807) is 11.3 Å². The van der Waals surface area contributed by atoms with E-state index in [1.165, 1.54) is 16.9 Å². The Hall–Kier alpha value is -1.13. The van der Waals surface area contributed by atoms with Gasteiger partial charge >= 0.3 is 0 Å². The van der Waals surface area contributed by atoms with Crippen LogP contribution in [0.5, 0.6) is 0 Å². The molecule has 1 N–H and O–H groups in total. The second kappa shape index (κ2) is 7.04. The number of ether oxygens (including phenoxy) is 1. The monoisotopic (exact) mass is 293 g/mol. The molecule has 4 heteroatoms. The van der Waals surface area contributed by atoms with Gasteiger partial charge in [-0.2, -0.15) is 0 Å². The Bertz CT molecular complexity index is 493. The summed E-state index contributed by atoms with van der Waals surface area (Å²) < 4.78 is 5.38. The van der Waals surface area contributed by atoms with Crippen molar-refractivity contribution in [1.29, 1.82) is 0 Å². The summed E-state index contributed by atoms with van der Waals surface area (Å²) in [6, 6.07) is 0. The van der Waals surface area contributed by atoms with E-state index in [0.29, 0.717) is 19.8 Å². The molecular formula is C16H23NO2S. The molecule has 0 radical (unpaired) electrons. The molecule has 3 nitrogen and oxygen atoms in total. The largest absolute Gasteiger partial charge is 0.375 e. The molecule has 0 bridgehead atoms. The van der Waals surface area contributed by atoms with Gasteiger partial charge in [0.05, 0.1) is 18.8 Å². The molecule has 110 valence electrons. The van der Waals surface area contributed by atoms with Crippen molar-refractivity contribution in [2.24, 2.45) is 5.92 Å². The first kappa shape index (κ1) is 15.3. The van der Waals surface area contributed by atoms with Gasteiger partial charge in [0.15, 0.2) is 0 Å². The Balaban J connectivity index is 1.83. The number of amides is 1. The molecule has 0 aromatic carbocycles. The first-order valence-corrected chi connectivity index (χ1v) is 8.05. The molecule has 0 saturated carbocycles. The molecule has 2 rings (SSSR count). The predicted octanol–water partition coefficient (Wildman–Crippen LogP) is 3.20. The Kier molecular flexibility index (Phi) is 5.38. The van der Waals surface area contributed by atoms with Gasteiger partial charge in [0.2, 0.25) is 0 Å². The van der Waals surface area contributed by atoms with E-state index in [2.05, 4.69) is 18.8 Å². The van der Waals surface area contributed by atoms with Crippen LogP contribution in [0.15, 0.2) is 17.5 Å². The minimum absolute atomic E-state index is 0.0379. The molecule has 1 aliphatic carbocycles. The van der Waals surface area contributed by atoms with Gasteiger partial charge in [-0.1, -0.05) is 19.1 Å². The van der Waals surface area contributed by atoms with Gasteiger partial charge in [-0.25, -0.2) is 0 Å². The van der Waals surface area contributed by atoms with Gasteiger partial charge in [-0.15, -0.1) is 11.3 Å². The number of nitrogens with one attached hydrogen (secondary N) is 1. The van der Waals surface area contributed by atoms with Crippen LogP contribution in [0.4, 0.5) is 0 Å². The van der Waals surface area contributed by atoms with E-state index in [9.17, 15) is 4.79 Å². The zero-order chi connectivity index (χ0) is 14.5. The summed E-state index contributed by atoms with van der Waals surface area (Å²) in [5.41, 5.74) is 3.14. The highest BCUT2D eigenvalue weighted by atomic mass is 32.1. The highest BCUT2D eigenvalue weighted by Crippen LogP contribution is 2.32. The topological polar surface area (TPSA) is 38.3 Å². The molecule has 1 unspecified atom stereocenters. The Morgan fingerprint density at radius 3 is 3.15 bits per heavy atom. The molecule has 0 aliphatic heterocycles. The Labute approximate surface area is 125 Å². The van der Waals surface area contributed by atoms with Crippen LogP contribution in [0.3, 0.4) is 0 Å². The zero-order valence-corrected chi connectivity index (χ0v) is 13.1. The first-order chi connectivity index (χ1) is 9.58. The van der Waals surface area contributed by atoms with Gasteiger partial charge in [0.25, 0.3) is 5.91 Å². The number of carbonyl (C=O) groups excluding carboxylic acids is 1. The SMILES string of the molecule is C=C(C)COCCNC(=O)c1csc2c1CCC(C)C2. The predicted molar refractivity (Wildman–Crippen MR) is 83.5 cm³/mol. The Morgan fingerprint density at radius 1 is 1.60 bits per heavy atom. The lowest BCUT2D eigenvalue weighted by Gasteiger charge is -2.18. The highest BCUT2D eigenvalue weighted by molar-refractivity contribution is 7.10. The molecule has 0 spiro atoms. The van der Waals surface area contributed by atoms with Gasteiger partial charge in [-0.3, -0.25) is 4.79 Å². The minimum atomic E-state index is 0.0379. The number of hydrogen-bond donors (Lipinski definition) is 1. The molecule has 1 aromatic heterocycles. The summed E-state index contributed by atoms with van der Waals surface area (Å²) in [7, 11) is 0. The number of rotatable bonds is 6. The van der Waals surface area contributed by atoms with Crippen molar-refractivity contribution in [3.63, 3.8) is 0 Å². The van der Waals surface area contributed by atoms with Gasteiger partial charge in [-0.05, 0) is 37.7 Å². The third-order valence-corrected chi connectivity index (χ3v) is 4.58. The van der Waals surface area contributed by atoms with E-state index in [4.69, 9.17) is 4.74 Å². The third kappa shape index (κ3) is 3.93. The van der Waals surface area contributed by atoms with Gasteiger partial charge < -0.3 is 10.1 Å². The van der Waals surface area contributed by atoms with Crippen LogP contribution < -0.4 is 5.32 Å². The molecule has 1 aromatic rings. The van der Waals surface area contributed by atoms with Crippen molar-refractivity contribution in [3.05, 3.63) is 33.5 Å². The lowest BCUT2D eigenvalue weighted by Crippen LogP contribution is -2.28. The standard InChI is InChI=1S/C16H23NO2S/c1-11(2)9-19-7-6-17-16(18)14-10-20-15-8-12(3)4-5-13(14)15/h10,12H,1,4-9H2,2-3H3,(H,17,18). The van der Waals surface area contributed by atoms with Crippen molar-refractivity contribution in [2.45, 2.75) is 33.1 Å². The van der Waals surface area contributed by atoms with E-state index >= 15 is 0 Å². The van der Waals surface area contributed by atoms with Crippen molar-refractivity contribution in [3.8, 4) is 0 Å². The van der Waals surface area contributed by atoms with Crippen molar-refractivity contribution < 1.29 is 9.53 Å². The molecule has 0 fully saturated rings. The molecule has 1 amide bonds. The van der Waals surface area contributed by atoms with Crippen molar-refractivity contribution >= 4 is 17.2 Å². The second-order valence-corrected chi connectivity index (χ2v) is 6.63. The molecule has 0 saturated heterocycles. The van der Waals surface area contributed by atoms with Crippen LogP contribution >= 0.6 is 11.3 Å². The summed E-state index contributed by atoms with van der Waals surface area (Å²) in [6.07, 6.45) is 3.34. The van der Waals surface area contributed by atoms with E-state index in [0.717, 1.165) is 29.9 Å². The minimum Gasteiger partial charge on any atom is -0.375 e. The van der Waals surface area contributed by atoms with Crippen LogP contribution in [0.2, 0.25) is 0 Å². The van der Waals surface area contributed by atoms with E-state index < -0.39 is 0 Å². The lowest BCUT2D eigenvalue weighted by molar-refractivity contribution is 0.0926. The van der Waals surface area contributed by atoms with Gasteiger partial charge in [0, 0.05) is 16.8 Å². The summed E-state index contributed by atoms with van der Waals surface area (Å²) in [4.78, 5) is 13.6. The maximum atomic E-state index is 12.2. The summed E-state index contributed by atoms with van der Waals surface area (Å²) in [5, 5.41) is 4.94. The maximum Gasteiger partial charge on any atom is 0.252 e. The second-order valence-electron chi connectivity index (χ2n) is 5.66. The summed E-state index contributed by atoms with van der Waals surface area (Å²) >= 11 is 1.73. The van der Waals surface area contributed by atoms with Crippen LogP contribution in [0, 0.1) is 5.92 Å². The quantitative estimate of drug-likeness (QED) is 0.646. The molecule has 1 heterocycles. The van der Waals surface area contributed by atoms with E-state index in [1.807, 2.05) is 12.3 Å². The summed E-state index contributed by atoms with van der Waals surface area (Å²) in [5.74, 6) is 0.781. The number of carbonyl (C=O) groups is 1. The van der Waals surface area contributed by atoms with Crippen molar-refractivity contribution in [2.75, 3.05) is 19.8 Å². The number of hydrogen-bond acceptors (Lipinski definition) is 3. The lowest BCUT2D eigenvalue weighted by atomic mass is 9.88. The smallest absolute Gasteiger partial charge is 0.252 e. The maximum absolute atomic E-state index is 12.2. The average Bonchev–Trinajstić information content (AvgIpc) is 2.80. The van der Waals surface area contributed by atoms with Gasteiger partial charge in [0.1, 0.15) is 0 Å². The number of fused-ring (bicyclic) bond motifs is 1. The fourth-order valence-electron chi connectivity index (χ4n) is 2.45. The zero-order valence-electron chi connectivity index (χ0n) is 12.3. The highest BCUT2D eigenvalue weighted by Gasteiger charge is 2.22. The molecular weight excluding hydrogens is 270 g/mol. The average molecular weight is 293 g/mol. The fourth-order valence-corrected chi connectivity index (χ4v) is 3.69. The molecule has 20 heavy (non-hydrogen) atoms. The third-order valence-electron chi connectivity index (χ3n) is 3.53.